The minimum absolute atomic E-state index is 0.120. The van der Waals surface area contributed by atoms with Gasteiger partial charge >= 0.3 is 0 Å². The summed E-state index contributed by atoms with van der Waals surface area (Å²) in [6, 6.07) is 10.2. The molecular weight excluding hydrogens is 190 g/mol. The van der Waals surface area contributed by atoms with Gasteiger partial charge in [0.2, 0.25) is 0 Å². The largest absolute Gasteiger partial charge is 0.411 e. The van der Waals surface area contributed by atoms with Crippen molar-refractivity contribution >= 4 is 12.0 Å². The second kappa shape index (κ2) is 6.76. The molecule has 1 aromatic carbocycles. The Morgan fingerprint density at radius 2 is 2.00 bits per heavy atom. The van der Waals surface area contributed by atoms with Crippen molar-refractivity contribution in [2.75, 3.05) is 0 Å². The molecule has 0 saturated carbocycles. The van der Waals surface area contributed by atoms with Crippen molar-refractivity contribution in [3.8, 4) is 0 Å². The summed E-state index contributed by atoms with van der Waals surface area (Å²) in [5, 5.41) is 10.8. The summed E-state index contributed by atoms with van der Waals surface area (Å²) in [5.41, 5.74) is 1.29. The highest BCUT2D eigenvalue weighted by molar-refractivity contribution is 6.27. The van der Waals surface area contributed by atoms with Gasteiger partial charge in [0.05, 0.1) is 0 Å². The third-order valence-electron chi connectivity index (χ3n) is 2.18. The summed E-state index contributed by atoms with van der Waals surface area (Å²) < 4.78 is 0. The van der Waals surface area contributed by atoms with Crippen LogP contribution in [0.5, 0.6) is 0 Å². The van der Waals surface area contributed by atoms with E-state index in [4.69, 9.17) is 5.21 Å². The summed E-state index contributed by atoms with van der Waals surface area (Å²) in [4.78, 5) is 10.9. The lowest BCUT2D eigenvalue weighted by Crippen LogP contribution is -1.99. The molecule has 0 aliphatic rings. The molecule has 0 aliphatic carbocycles. The number of hydrogen-bond donors (Lipinski definition) is 1. The van der Waals surface area contributed by atoms with Crippen LogP contribution in [0.4, 0.5) is 0 Å². The molecule has 1 N–H and O–H groups in total. The maximum atomic E-state index is 10.9. The van der Waals surface area contributed by atoms with E-state index in [2.05, 4.69) is 17.3 Å². The van der Waals surface area contributed by atoms with E-state index in [0.717, 1.165) is 25.5 Å². The van der Waals surface area contributed by atoms with Crippen molar-refractivity contribution in [3.63, 3.8) is 0 Å². The van der Waals surface area contributed by atoms with Crippen LogP contribution in [0, 0.1) is 0 Å². The van der Waals surface area contributed by atoms with Crippen LogP contribution in [-0.2, 0) is 11.2 Å². The molecule has 15 heavy (non-hydrogen) atoms. The number of hydrogen-bond acceptors (Lipinski definition) is 3. The highest BCUT2D eigenvalue weighted by Crippen LogP contribution is 2.05. The summed E-state index contributed by atoms with van der Waals surface area (Å²) >= 11 is 0. The Morgan fingerprint density at radius 1 is 1.27 bits per heavy atom. The van der Waals surface area contributed by atoms with E-state index in [1.54, 1.807) is 0 Å². The lowest BCUT2D eigenvalue weighted by Gasteiger charge is -1.99. The van der Waals surface area contributed by atoms with Gasteiger partial charge in [-0.05, 0) is 24.8 Å². The van der Waals surface area contributed by atoms with E-state index in [-0.39, 0.29) is 5.78 Å². The fraction of sp³-hybridized carbons (Fsp3) is 0.333. The van der Waals surface area contributed by atoms with Gasteiger partial charge in [0.15, 0.2) is 5.78 Å². The Balaban J connectivity index is 2.15. The highest BCUT2D eigenvalue weighted by atomic mass is 16.4. The first kappa shape index (κ1) is 11.4. The number of ketones is 1. The van der Waals surface area contributed by atoms with E-state index in [9.17, 15) is 4.79 Å². The molecule has 0 atom stereocenters. The van der Waals surface area contributed by atoms with E-state index in [1.807, 2.05) is 18.2 Å². The number of nitrogens with zero attached hydrogens (tertiary/aromatic N) is 1. The van der Waals surface area contributed by atoms with E-state index >= 15 is 0 Å². The summed E-state index contributed by atoms with van der Waals surface area (Å²) in [6.07, 6.45) is 4.22. The van der Waals surface area contributed by atoms with Gasteiger partial charge < -0.3 is 5.21 Å². The average molecular weight is 205 g/mol. The van der Waals surface area contributed by atoms with Crippen molar-refractivity contribution in [1.29, 1.82) is 0 Å². The molecule has 3 nitrogen and oxygen atoms in total. The zero-order chi connectivity index (χ0) is 10.9. The minimum atomic E-state index is -0.120. The molecular formula is C12H15NO2. The van der Waals surface area contributed by atoms with Crippen LogP contribution in [-0.4, -0.2) is 17.2 Å². The lowest BCUT2D eigenvalue weighted by molar-refractivity contribution is -0.112. The lowest BCUT2D eigenvalue weighted by atomic mass is 10.1. The van der Waals surface area contributed by atoms with Gasteiger partial charge in [-0.25, -0.2) is 0 Å². The van der Waals surface area contributed by atoms with Gasteiger partial charge in [0, 0.05) is 6.42 Å². The van der Waals surface area contributed by atoms with Crippen LogP contribution in [0.2, 0.25) is 0 Å². The Kier molecular flexibility index (Phi) is 5.15. The zero-order valence-corrected chi connectivity index (χ0v) is 8.60. The van der Waals surface area contributed by atoms with Crippen LogP contribution in [0.3, 0.4) is 0 Å². The van der Waals surface area contributed by atoms with Gasteiger partial charge in [0.1, 0.15) is 6.21 Å². The van der Waals surface area contributed by atoms with Gasteiger partial charge in [-0.1, -0.05) is 35.5 Å². The zero-order valence-electron chi connectivity index (χ0n) is 8.60. The van der Waals surface area contributed by atoms with E-state index in [1.165, 1.54) is 5.56 Å². The second-order valence-corrected chi connectivity index (χ2v) is 3.40. The quantitative estimate of drug-likeness (QED) is 0.335. The first-order valence-electron chi connectivity index (χ1n) is 5.07. The number of aryl methyl sites for hydroxylation is 1. The Bertz CT molecular complexity index is 320. The van der Waals surface area contributed by atoms with Gasteiger partial charge in [-0.15, -0.1) is 0 Å². The highest BCUT2D eigenvalue weighted by Gasteiger charge is 1.98. The van der Waals surface area contributed by atoms with Crippen LogP contribution in [0.15, 0.2) is 35.5 Å². The molecule has 0 unspecified atom stereocenters. The predicted molar refractivity (Wildman–Crippen MR) is 59.3 cm³/mol. The standard InChI is InChI=1S/C12H15NO2/c14-12(10-13-15)9-5-4-8-11-6-2-1-3-7-11/h1-3,6-7,10,15H,4-5,8-9H2/b13-10+. The molecule has 0 aromatic heterocycles. The monoisotopic (exact) mass is 205 g/mol. The predicted octanol–water partition coefficient (Wildman–Crippen LogP) is 2.43. The average Bonchev–Trinajstić information content (AvgIpc) is 2.26. The van der Waals surface area contributed by atoms with Crippen molar-refractivity contribution in [3.05, 3.63) is 35.9 Å². The molecule has 80 valence electrons. The fourth-order valence-electron chi connectivity index (χ4n) is 1.40. The first-order chi connectivity index (χ1) is 7.33. The molecule has 0 bridgehead atoms. The van der Waals surface area contributed by atoms with Crippen molar-refractivity contribution in [1.82, 2.24) is 0 Å². The maximum absolute atomic E-state index is 10.9. The molecule has 0 radical (unpaired) electrons. The smallest absolute Gasteiger partial charge is 0.177 e. The third-order valence-corrected chi connectivity index (χ3v) is 2.18. The van der Waals surface area contributed by atoms with Gasteiger partial charge in [-0.3, -0.25) is 4.79 Å². The van der Waals surface area contributed by atoms with Crippen molar-refractivity contribution in [2.45, 2.75) is 25.7 Å². The maximum Gasteiger partial charge on any atom is 0.177 e. The normalized spacial score (nSPS) is 10.7. The van der Waals surface area contributed by atoms with Gasteiger partial charge in [0.25, 0.3) is 0 Å². The molecule has 1 rings (SSSR count). The Labute approximate surface area is 89.4 Å². The SMILES string of the molecule is O=C(/C=N/O)CCCCc1ccccc1. The number of rotatable bonds is 6. The molecule has 0 fully saturated rings. The molecule has 0 amide bonds. The first-order valence-corrected chi connectivity index (χ1v) is 5.07. The van der Waals surface area contributed by atoms with Crippen LogP contribution in [0.1, 0.15) is 24.8 Å². The molecule has 0 heterocycles. The molecule has 0 saturated heterocycles. The van der Waals surface area contributed by atoms with Crippen molar-refractivity contribution in [2.24, 2.45) is 5.16 Å². The van der Waals surface area contributed by atoms with E-state index < -0.39 is 0 Å². The summed E-state index contributed by atoms with van der Waals surface area (Å²) in [7, 11) is 0. The number of carbonyl (C=O) groups excluding carboxylic acids is 1. The topological polar surface area (TPSA) is 49.7 Å². The summed E-state index contributed by atoms with van der Waals surface area (Å²) in [5.74, 6) is -0.120. The molecule has 1 aromatic rings. The third kappa shape index (κ3) is 4.96. The van der Waals surface area contributed by atoms with Crippen LogP contribution >= 0.6 is 0 Å². The Hall–Kier alpha value is -1.64. The fourth-order valence-corrected chi connectivity index (χ4v) is 1.40. The number of unbranched alkanes of at least 4 members (excludes halogenated alkanes) is 1. The second-order valence-electron chi connectivity index (χ2n) is 3.40. The number of benzene rings is 1. The Morgan fingerprint density at radius 3 is 2.67 bits per heavy atom. The van der Waals surface area contributed by atoms with E-state index in [0.29, 0.717) is 6.42 Å². The number of oxime groups is 1. The minimum Gasteiger partial charge on any atom is -0.411 e. The summed E-state index contributed by atoms with van der Waals surface area (Å²) in [6.45, 7) is 0. The molecule has 0 aliphatic heterocycles. The van der Waals surface area contributed by atoms with Crippen LogP contribution < -0.4 is 0 Å². The number of Topliss-reactive ketones (excluding diaryl/α,β-unsaturated/α-hetero) is 1. The van der Waals surface area contributed by atoms with Gasteiger partial charge in [-0.2, -0.15) is 0 Å². The molecule has 0 spiro atoms. The number of carbonyl (C=O) groups is 1. The van der Waals surface area contributed by atoms with Crippen LogP contribution in [0.25, 0.3) is 0 Å². The van der Waals surface area contributed by atoms with Crippen molar-refractivity contribution < 1.29 is 10.0 Å². The molecule has 3 heteroatoms.